The highest BCUT2D eigenvalue weighted by molar-refractivity contribution is 14.1. The van der Waals surface area contributed by atoms with E-state index in [0.717, 1.165) is 17.3 Å². The molecule has 0 nitrogen and oxygen atoms in total. The molecule has 0 aliphatic rings. The van der Waals surface area contributed by atoms with Crippen LogP contribution in [0.15, 0.2) is 0 Å². The summed E-state index contributed by atoms with van der Waals surface area (Å²) in [5.41, 5.74) is 0. The van der Waals surface area contributed by atoms with E-state index in [1.54, 1.807) is 0 Å². The molecule has 0 fully saturated rings. The minimum Gasteiger partial charge on any atom is -0.103 e. The molecule has 0 bridgehead atoms. The quantitative estimate of drug-likeness (QED) is 0.306. The maximum atomic E-state index is 3.13. The van der Waals surface area contributed by atoms with E-state index in [-0.39, 0.29) is 0 Å². The summed E-state index contributed by atoms with van der Waals surface area (Å²) >= 11 is 2.35. The molecule has 0 radical (unpaired) electrons. The van der Waals surface area contributed by atoms with E-state index < -0.39 is 0 Å². The van der Waals surface area contributed by atoms with Crippen molar-refractivity contribution in [3.8, 4) is 11.8 Å². The first-order valence-electron chi connectivity index (χ1n) is 3.43. The van der Waals surface area contributed by atoms with E-state index >= 15 is 0 Å². The Balaban J connectivity index is 2.96. The van der Waals surface area contributed by atoms with Crippen LogP contribution in [0.5, 0.6) is 0 Å². The van der Waals surface area contributed by atoms with Crippen LogP contribution in [0, 0.1) is 11.8 Å². The molecule has 0 aromatic carbocycles. The van der Waals surface area contributed by atoms with E-state index in [0.29, 0.717) is 0 Å². The Kier molecular flexibility index (Phi) is 8.56. The summed E-state index contributed by atoms with van der Waals surface area (Å²) in [6.45, 7) is 2.19. The van der Waals surface area contributed by atoms with Crippen molar-refractivity contribution >= 4 is 22.6 Å². The van der Waals surface area contributed by atoms with Crippen LogP contribution in [0.1, 0.15) is 32.6 Å². The summed E-state index contributed by atoms with van der Waals surface area (Å²) in [6, 6.07) is 0. The van der Waals surface area contributed by atoms with Gasteiger partial charge in [-0.15, -0.1) is 11.8 Å². The SMILES string of the molecule is CCCCC#CCCI. The van der Waals surface area contributed by atoms with Crippen molar-refractivity contribution in [2.45, 2.75) is 32.6 Å². The van der Waals surface area contributed by atoms with E-state index in [4.69, 9.17) is 0 Å². The molecule has 0 rings (SSSR count). The molecule has 0 atom stereocenters. The van der Waals surface area contributed by atoms with E-state index in [1.807, 2.05) is 0 Å². The number of hydrogen-bond donors (Lipinski definition) is 0. The van der Waals surface area contributed by atoms with Gasteiger partial charge in [-0.3, -0.25) is 0 Å². The molecule has 0 amide bonds. The monoisotopic (exact) mass is 236 g/mol. The Hall–Kier alpha value is 0.290. The predicted molar refractivity (Wildman–Crippen MR) is 50.8 cm³/mol. The van der Waals surface area contributed by atoms with Gasteiger partial charge in [0.05, 0.1) is 0 Å². The molecule has 0 saturated carbocycles. The molecule has 0 unspecified atom stereocenters. The van der Waals surface area contributed by atoms with Crippen LogP contribution < -0.4 is 0 Å². The van der Waals surface area contributed by atoms with Crippen molar-refractivity contribution < 1.29 is 0 Å². The first-order valence-corrected chi connectivity index (χ1v) is 4.96. The number of hydrogen-bond acceptors (Lipinski definition) is 0. The van der Waals surface area contributed by atoms with Crippen LogP contribution in [-0.2, 0) is 0 Å². The fourth-order valence-electron chi connectivity index (χ4n) is 0.489. The van der Waals surface area contributed by atoms with Gasteiger partial charge in [0.25, 0.3) is 0 Å². The highest BCUT2D eigenvalue weighted by atomic mass is 127. The van der Waals surface area contributed by atoms with Gasteiger partial charge in [-0.1, -0.05) is 35.9 Å². The van der Waals surface area contributed by atoms with Crippen molar-refractivity contribution in [2.24, 2.45) is 0 Å². The number of halogens is 1. The second kappa shape index (κ2) is 8.29. The largest absolute Gasteiger partial charge is 0.103 e. The highest BCUT2D eigenvalue weighted by Crippen LogP contribution is 1.91. The zero-order valence-corrected chi connectivity index (χ0v) is 8.07. The second-order valence-corrected chi connectivity index (χ2v) is 2.97. The number of rotatable bonds is 3. The summed E-state index contributed by atoms with van der Waals surface area (Å²) in [5, 5.41) is 0. The Bertz CT molecular complexity index is 96.9. The van der Waals surface area contributed by atoms with Gasteiger partial charge in [0.2, 0.25) is 0 Å². The summed E-state index contributed by atoms with van der Waals surface area (Å²) in [5.74, 6) is 6.24. The van der Waals surface area contributed by atoms with Gasteiger partial charge in [0, 0.05) is 17.3 Å². The van der Waals surface area contributed by atoms with Gasteiger partial charge in [0.1, 0.15) is 0 Å². The first kappa shape index (κ1) is 9.29. The van der Waals surface area contributed by atoms with Crippen LogP contribution in [0.3, 0.4) is 0 Å². The summed E-state index contributed by atoms with van der Waals surface area (Å²) in [4.78, 5) is 0. The fraction of sp³-hybridized carbons (Fsp3) is 0.750. The lowest BCUT2D eigenvalue weighted by Crippen LogP contribution is -1.69. The Morgan fingerprint density at radius 1 is 1.22 bits per heavy atom. The van der Waals surface area contributed by atoms with E-state index in [2.05, 4.69) is 41.4 Å². The topological polar surface area (TPSA) is 0 Å². The summed E-state index contributed by atoms with van der Waals surface area (Å²) in [6.07, 6.45) is 4.67. The third kappa shape index (κ3) is 8.29. The minimum atomic E-state index is 1.06. The molecular weight excluding hydrogens is 223 g/mol. The lowest BCUT2D eigenvalue weighted by atomic mass is 10.2. The highest BCUT2D eigenvalue weighted by Gasteiger charge is 1.75. The van der Waals surface area contributed by atoms with Gasteiger partial charge in [-0.2, -0.15) is 0 Å². The van der Waals surface area contributed by atoms with Crippen LogP contribution in [0.4, 0.5) is 0 Å². The van der Waals surface area contributed by atoms with Crippen molar-refractivity contribution in [1.82, 2.24) is 0 Å². The van der Waals surface area contributed by atoms with Gasteiger partial charge in [0.15, 0.2) is 0 Å². The van der Waals surface area contributed by atoms with Crippen LogP contribution >= 0.6 is 22.6 Å². The molecule has 0 N–H and O–H groups in total. The van der Waals surface area contributed by atoms with Crippen molar-refractivity contribution in [1.29, 1.82) is 0 Å². The molecule has 0 aliphatic carbocycles. The van der Waals surface area contributed by atoms with Gasteiger partial charge >= 0.3 is 0 Å². The smallest absolute Gasteiger partial charge is 0.0179 e. The van der Waals surface area contributed by atoms with Crippen molar-refractivity contribution in [3.63, 3.8) is 0 Å². The maximum Gasteiger partial charge on any atom is 0.0179 e. The normalized spacial score (nSPS) is 8.22. The summed E-state index contributed by atoms with van der Waals surface area (Å²) in [7, 11) is 0. The second-order valence-electron chi connectivity index (χ2n) is 1.90. The predicted octanol–water partition coefficient (Wildman–Crippen LogP) is 3.01. The molecule has 0 spiro atoms. The molecule has 0 heterocycles. The number of alkyl halides is 1. The molecule has 1 heteroatoms. The molecule has 0 aromatic rings. The maximum absolute atomic E-state index is 3.13. The van der Waals surface area contributed by atoms with Crippen LogP contribution in [0.25, 0.3) is 0 Å². The Morgan fingerprint density at radius 2 is 1.89 bits per heavy atom. The molecule has 0 aromatic heterocycles. The van der Waals surface area contributed by atoms with Crippen LogP contribution in [0.2, 0.25) is 0 Å². The lowest BCUT2D eigenvalue weighted by Gasteiger charge is -1.82. The third-order valence-corrected chi connectivity index (χ3v) is 1.54. The fourth-order valence-corrected chi connectivity index (χ4v) is 0.759. The van der Waals surface area contributed by atoms with Crippen molar-refractivity contribution in [2.75, 3.05) is 4.43 Å². The minimum absolute atomic E-state index is 1.06. The molecule has 0 saturated heterocycles. The van der Waals surface area contributed by atoms with Crippen LogP contribution in [-0.4, -0.2) is 4.43 Å². The Labute approximate surface area is 71.6 Å². The molecule has 0 aliphatic heterocycles. The number of unbranched alkanes of at least 4 members (excludes halogenated alkanes) is 2. The average molecular weight is 236 g/mol. The standard InChI is InChI=1S/C8H13I/c1-2-3-4-5-6-7-8-9/h2-4,7-8H2,1H3. The molecule has 9 heavy (non-hydrogen) atoms. The summed E-state index contributed by atoms with van der Waals surface area (Å²) < 4.78 is 1.16. The van der Waals surface area contributed by atoms with Gasteiger partial charge in [-0.05, 0) is 6.42 Å². The molecule has 52 valence electrons. The molecular formula is C8H13I. The van der Waals surface area contributed by atoms with Gasteiger partial charge < -0.3 is 0 Å². The average Bonchev–Trinajstić information content (AvgIpc) is 1.89. The van der Waals surface area contributed by atoms with Crippen molar-refractivity contribution in [3.05, 3.63) is 0 Å². The van der Waals surface area contributed by atoms with Gasteiger partial charge in [-0.25, -0.2) is 0 Å². The lowest BCUT2D eigenvalue weighted by molar-refractivity contribution is 0.827. The zero-order chi connectivity index (χ0) is 6.95. The Morgan fingerprint density at radius 3 is 2.44 bits per heavy atom. The van der Waals surface area contributed by atoms with E-state index in [9.17, 15) is 0 Å². The zero-order valence-electron chi connectivity index (χ0n) is 5.91. The van der Waals surface area contributed by atoms with E-state index in [1.165, 1.54) is 12.8 Å². The first-order chi connectivity index (χ1) is 4.41. The third-order valence-electron chi connectivity index (χ3n) is 1.000.